The molecule has 0 radical (unpaired) electrons. The van der Waals surface area contributed by atoms with Crippen LogP contribution in [0, 0.1) is 10.1 Å². The molecule has 17 heavy (non-hydrogen) atoms. The van der Waals surface area contributed by atoms with Gasteiger partial charge in [0.05, 0.1) is 4.92 Å². The summed E-state index contributed by atoms with van der Waals surface area (Å²) in [6.45, 7) is 1.76. The van der Waals surface area contributed by atoms with E-state index >= 15 is 0 Å². The Morgan fingerprint density at radius 3 is 3.00 bits per heavy atom. The van der Waals surface area contributed by atoms with Crippen molar-refractivity contribution in [3.05, 3.63) is 50.8 Å². The van der Waals surface area contributed by atoms with Crippen LogP contribution in [0.5, 0.6) is 0 Å². The molecule has 0 saturated heterocycles. The van der Waals surface area contributed by atoms with E-state index in [2.05, 4.69) is 4.98 Å². The summed E-state index contributed by atoms with van der Waals surface area (Å²) >= 11 is 5.87. The zero-order valence-electron chi connectivity index (χ0n) is 9.24. The molecule has 1 aromatic carbocycles. The first-order valence-electron chi connectivity index (χ1n) is 5.23. The second kappa shape index (κ2) is 4.59. The van der Waals surface area contributed by atoms with Crippen molar-refractivity contribution in [2.45, 2.75) is 13.3 Å². The summed E-state index contributed by atoms with van der Waals surface area (Å²) < 4.78 is 0. The number of nitro groups is 1. The highest BCUT2D eigenvalue weighted by atomic mass is 35.5. The number of rotatable bonds is 3. The van der Waals surface area contributed by atoms with E-state index in [1.807, 2.05) is 6.07 Å². The van der Waals surface area contributed by atoms with Gasteiger partial charge in [-0.2, -0.15) is 0 Å². The molecule has 1 heterocycles. The van der Waals surface area contributed by atoms with E-state index in [0.29, 0.717) is 11.4 Å². The molecule has 0 aliphatic heterocycles. The number of hydrogen-bond acceptors (Lipinski definition) is 2. The van der Waals surface area contributed by atoms with Gasteiger partial charge >= 0.3 is 0 Å². The lowest BCUT2D eigenvalue weighted by Crippen LogP contribution is -1.96. The molecule has 0 unspecified atom stereocenters. The smallest absolute Gasteiger partial charge is 0.246 e. The van der Waals surface area contributed by atoms with Gasteiger partial charge in [0.25, 0.3) is 0 Å². The monoisotopic (exact) mass is 250 g/mol. The molecule has 4 nitrogen and oxygen atoms in total. The van der Waals surface area contributed by atoms with Crippen LogP contribution in [-0.2, 0) is 0 Å². The molecule has 0 aliphatic rings. The van der Waals surface area contributed by atoms with Gasteiger partial charge in [-0.1, -0.05) is 24.6 Å². The van der Waals surface area contributed by atoms with Crippen LogP contribution in [0.25, 0.3) is 17.0 Å². The van der Waals surface area contributed by atoms with Crippen LogP contribution >= 0.6 is 11.6 Å². The minimum Gasteiger partial charge on any atom is -0.361 e. The van der Waals surface area contributed by atoms with Crippen LogP contribution in [0.1, 0.15) is 18.9 Å². The second-order valence-electron chi connectivity index (χ2n) is 3.68. The van der Waals surface area contributed by atoms with Gasteiger partial charge in [-0.3, -0.25) is 10.1 Å². The number of aromatic nitrogens is 1. The summed E-state index contributed by atoms with van der Waals surface area (Å²) in [4.78, 5) is 13.4. The fourth-order valence-corrected chi connectivity index (χ4v) is 1.88. The molecule has 0 amide bonds. The molecular formula is C12H11ClN2O2. The lowest BCUT2D eigenvalue weighted by atomic mass is 10.1. The first kappa shape index (κ1) is 11.7. The highest BCUT2D eigenvalue weighted by Gasteiger charge is 2.09. The topological polar surface area (TPSA) is 58.9 Å². The molecule has 0 atom stereocenters. The molecular weight excluding hydrogens is 240 g/mol. The molecule has 0 saturated carbocycles. The van der Waals surface area contributed by atoms with Crippen LogP contribution in [-0.4, -0.2) is 9.91 Å². The lowest BCUT2D eigenvalue weighted by molar-refractivity contribution is -0.425. The average Bonchev–Trinajstić information content (AvgIpc) is 2.67. The summed E-state index contributed by atoms with van der Waals surface area (Å²) in [5, 5.41) is 12.3. The van der Waals surface area contributed by atoms with Gasteiger partial charge in [0, 0.05) is 40.2 Å². The van der Waals surface area contributed by atoms with Crippen LogP contribution in [0.3, 0.4) is 0 Å². The van der Waals surface area contributed by atoms with Gasteiger partial charge in [-0.15, -0.1) is 0 Å². The predicted octanol–water partition coefficient (Wildman–Crippen LogP) is 3.85. The normalized spacial score (nSPS) is 12.0. The van der Waals surface area contributed by atoms with Gasteiger partial charge in [-0.25, -0.2) is 0 Å². The maximum absolute atomic E-state index is 10.8. The first-order chi connectivity index (χ1) is 8.11. The minimum atomic E-state index is -0.352. The fourth-order valence-electron chi connectivity index (χ4n) is 1.70. The molecule has 0 bridgehead atoms. The van der Waals surface area contributed by atoms with Crippen LogP contribution in [0.15, 0.2) is 30.1 Å². The van der Waals surface area contributed by atoms with Crippen molar-refractivity contribution in [3.8, 4) is 0 Å². The molecule has 1 N–H and O–H groups in total. The Kier molecular flexibility index (Phi) is 3.15. The summed E-state index contributed by atoms with van der Waals surface area (Å²) in [6.07, 6.45) is 3.74. The van der Waals surface area contributed by atoms with E-state index in [4.69, 9.17) is 11.6 Å². The highest BCUT2D eigenvalue weighted by Crippen LogP contribution is 2.24. The van der Waals surface area contributed by atoms with Crippen molar-refractivity contribution < 1.29 is 4.92 Å². The lowest BCUT2D eigenvalue weighted by Gasteiger charge is -1.95. The Labute approximate surface area is 103 Å². The molecule has 2 rings (SSSR count). The van der Waals surface area contributed by atoms with Gasteiger partial charge in [-0.05, 0) is 12.1 Å². The average molecular weight is 251 g/mol. The maximum Gasteiger partial charge on any atom is 0.246 e. The molecule has 2 aromatic rings. The fraction of sp³-hybridized carbons (Fsp3) is 0.167. The third kappa shape index (κ3) is 2.31. The summed E-state index contributed by atoms with van der Waals surface area (Å²) in [5.74, 6) is 0. The third-order valence-electron chi connectivity index (χ3n) is 2.59. The minimum absolute atomic E-state index is 0.195. The van der Waals surface area contributed by atoms with Crippen molar-refractivity contribution in [1.82, 2.24) is 4.98 Å². The molecule has 88 valence electrons. The Balaban J connectivity index is 2.53. The van der Waals surface area contributed by atoms with Crippen molar-refractivity contribution >= 4 is 28.6 Å². The van der Waals surface area contributed by atoms with Gasteiger partial charge in [0.15, 0.2) is 0 Å². The molecule has 1 aromatic heterocycles. The van der Waals surface area contributed by atoms with Gasteiger partial charge in [0.2, 0.25) is 5.70 Å². The molecule has 0 fully saturated rings. The van der Waals surface area contributed by atoms with Crippen LogP contribution in [0.4, 0.5) is 0 Å². The number of halogens is 1. The Bertz CT molecular complexity index is 602. The standard InChI is InChI=1S/C12H11ClN2O2/c1-2-10(15(16)17)5-8-7-14-12-6-9(13)3-4-11(8)12/h3-7,14H,2H2,1H3/b10-5-. The Hall–Kier alpha value is -1.81. The van der Waals surface area contributed by atoms with Crippen molar-refractivity contribution in [1.29, 1.82) is 0 Å². The largest absolute Gasteiger partial charge is 0.361 e. The summed E-state index contributed by atoms with van der Waals surface area (Å²) in [6, 6.07) is 5.42. The second-order valence-corrected chi connectivity index (χ2v) is 4.12. The van der Waals surface area contributed by atoms with E-state index in [-0.39, 0.29) is 10.6 Å². The van der Waals surface area contributed by atoms with Crippen LogP contribution in [0.2, 0.25) is 5.02 Å². The number of allylic oxidation sites excluding steroid dienone is 1. The number of hydrogen-bond donors (Lipinski definition) is 1. The van der Waals surface area contributed by atoms with E-state index in [1.165, 1.54) is 0 Å². The number of H-pyrrole nitrogens is 1. The van der Waals surface area contributed by atoms with E-state index < -0.39 is 0 Å². The zero-order valence-corrected chi connectivity index (χ0v) is 9.99. The molecule has 0 spiro atoms. The Morgan fingerprint density at radius 1 is 1.59 bits per heavy atom. The number of nitrogens with one attached hydrogen (secondary N) is 1. The van der Waals surface area contributed by atoms with Crippen LogP contribution < -0.4 is 0 Å². The van der Waals surface area contributed by atoms with E-state index in [9.17, 15) is 10.1 Å². The van der Waals surface area contributed by atoms with E-state index in [0.717, 1.165) is 16.5 Å². The first-order valence-corrected chi connectivity index (χ1v) is 5.61. The number of nitrogens with zero attached hydrogens (tertiary/aromatic N) is 1. The van der Waals surface area contributed by atoms with Crippen molar-refractivity contribution in [2.75, 3.05) is 0 Å². The summed E-state index contributed by atoms with van der Waals surface area (Å²) in [7, 11) is 0. The molecule has 0 aliphatic carbocycles. The van der Waals surface area contributed by atoms with E-state index in [1.54, 1.807) is 31.3 Å². The predicted molar refractivity (Wildman–Crippen MR) is 68.6 cm³/mol. The number of fused-ring (bicyclic) bond motifs is 1. The molecule has 5 heteroatoms. The summed E-state index contributed by atoms with van der Waals surface area (Å²) in [5.41, 5.74) is 1.88. The highest BCUT2D eigenvalue weighted by molar-refractivity contribution is 6.31. The number of benzene rings is 1. The van der Waals surface area contributed by atoms with Gasteiger partial charge < -0.3 is 4.98 Å². The SMILES string of the molecule is CC/C(=C/c1c[nH]c2cc(Cl)ccc12)[N+](=O)[O-]. The third-order valence-corrected chi connectivity index (χ3v) is 2.83. The number of aromatic amines is 1. The van der Waals surface area contributed by atoms with Crippen molar-refractivity contribution in [3.63, 3.8) is 0 Å². The zero-order chi connectivity index (χ0) is 12.4. The maximum atomic E-state index is 10.8. The van der Waals surface area contributed by atoms with Gasteiger partial charge in [0.1, 0.15) is 0 Å². The Morgan fingerprint density at radius 2 is 2.35 bits per heavy atom. The quantitative estimate of drug-likeness (QED) is 0.664. The van der Waals surface area contributed by atoms with Crippen molar-refractivity contribution in [2.24, 2.45) is 0 Å².